The third kappa shape index (κ3) is 4.34. The van der Waals surface area contributed by atoms with Gasteiger partial charge in [-0.25, -0.2) is 0 Å². The second-order valence-electron chi connectivity index (χ2n) is 8.02. The molecule has 3 aromatic rings. The number of piperazine rings is 1. The molecule has 7 nitrogen and oxygen atoms in total. The molecule has 30 heavy (non-hydrogen) atoms. The maximum absolute atomic E-state index is 11.5. The van der Waals surface area contributed by atoms with Crippen molar-refractivity contribution in [3.05, 3.63) is 63.9 Å². The zero-order valence-electron chi connectivity index (χ0n) is 17.6. The number of anilines is 1. The minimum Gasteiger partial charge on any atom is -0.360 e. The van der Waals surface area contributed by atoms with Gasteiger partial charge >= 0.3 is 0 Å². The number of nitrogens with one attached hydrogen (secondary N) is 1. The Kier molecular flexibility index (Phi) is 5.78. The normalized spacial score (nSPS) is 14.8. The van der Waals surface area contributed by atoms with E-state index in [4.69, 9.17) is 12.2 Å². The van der Waals surface area contributed by atoms with Crippen LogP contribution in [-0.2, 0) is 6.67 Å². The molecule has 1 N–H and O–H groups in total. The molecule has 0 aliphatic carbocycles. The largest absolute Gasteiger partial charge is 0.360 e. The zero-order valence-corrected chi connectivity index (χ0v) is 18.4. The number of benzene rings is 2. The molecule has 0 radical (unpaired) electrons. The van der Waals surface area contributed by atoms with Gasteiger partial charge in [-0.1, -0.05) is 6.07 Å². The fourth-order valence-electron chi connectivity index (χ4n) is 3.97. The molecule has 2 aromatic carbocycles. The quantitative estimate of drug-likeness (QED) is 0.502. The molecular formula is C22H27N6OS+. The lowest BCUT2D eigenvalue weighted by Gasteiger charge is -2.33. The van der Waals surface area contributed by atoms with Crippen molar-refractivity contribution in [2.45, 2.75) is 27.4 Å². The number of tetrazole rings is 1. The summed E-state index contributed by atoms with van der Waals surface area (Å²) in [5.74, 6) is 0.0985. The van der Waals surface area contributed by atoms with Gasteiger partial charge in [0, 0.05) is 11.3 Å². The Morgan fingerprint density at radius 3 is 2.23 bits per heavy atom. The van der Waals surface area contributed by atoms with E-state index in [2.05, 4.69) is 47.4 Å². The number of hydrogen-bond acceptors (Lipinski definition) is 5. The van der Waals surface area contributed by atoms with E-state index in [1.165, 1.54) is 16.0 Å². The van der Waals surface area contributed by atoms with Crippen molar-refractivity contribution in [1.82, 2.24) is 19.8 Å². The number of carbonyl (C=O) groups is 1. The molecular weight excluding hydrogens is 396 g/mol. The summed E-state index contributed by atoms with van der Waals surface area (Å²) >= 11 is 5.64. The van der Waals surface area contributed by atoms with Crippen LogP contribution in [-0.4, -0.2) is 51.8 Å². The zero-order chi connectivity index (χ0) is 21.3. The Morgan fingerprint density at radius 2 is 1.63 bits per heavy atom. The molecule has 156 valence electrons. The summed E-state index contributed by atoms with van der Waals surface area (Å²) in [7, 11) is 0. The Morgan fingerprint density at radius 1 is 1.00 bits per heavy atom. The molecule has 1 aromatic heterocycles. The van der Waals surface area contributed by atoms with Crippen LogP contribution in [0.3, 0.4) is 0 Å². The molecule has 1 saturated heterocycles. The molecule has 0 unspecified atom stereocenters. The number of aromatic nitrogens is 4. The van der Waals surface area contributed by atoms with Crippen molar-refractivity contribution in [3.63, 3.8) is 0 Å². The van der Waals surface area contributed by atoms with Gasteiger partial charge in [-0.05, 0) is 90.9 Å². The Balaban J connectivity index is 1.40. The van der Waals surface area contributed by atoms with Crippen LogP contribution in [0.4, 0.5) is 5.69 Å². The van der Waals surface area contributed by atoms with E-state index in [0.29, 0.717) is 11.4 Å². The van der Waals surface area contributed by atoms with Crippen molar-refractivity contribution < 1.29 is 9.69 Å². The van der Waals surface area contributed by atoms with Gasteiger partial charge in [-0.2, -0.15) is 9.36 Å². The van der Waals surface area contributed by atoms with Gasteiger partial charge in [-0.15, -0.1) is 0 Å². The standard InChI is InChI=1S/C22H26N6OS/c1-16-12-17(2)14-21(13-16)28-22(30)27(23-24-28)15-25-8-10-26(11-9-25)20-6-4-19(5-7-20)18(3)29/h4-7,12-14H,8-11,15H2,1-3H3/p+1. The number of hydrogen-bond donors (Lipinski definition) is 1. The van der Waals surface area contributed by atoms with E-state index in [1.54, 1.807) is 11.6 Å². The second-order valence-corrected chi connectivity index (χ2v) is 8.38. The van der Waals surface area contributed by atoms with Crippen LogP contribution >= 0.6 is 12.2 Å². The summed E-state index contributed by atoms with van der Waals surface area (Å²) in [6.07, 6.45) is 0. The predicted octanol–water partition coefficient (Wildman–Crippen LogP) is 1.98. The number of aryl methyl sites for hydroxylation is 2. The smallest absolute Gasteiger partial charge is 0.225 e. The fourth-order valence-corrected chi connectivity index (χ4v) is 4.21. The summed E-state index contributed by atoms with van der Waals surface area (Å²) in [5, 5.41) is 8.60. The maximum Gasteiger partial charge on any atom is 0.225 e. The summed E-state index contributed by atoms with van der Waals surface area (Å²) in [6, 6.07) is 14.2. The highest BCUT2D eigenvalue weighted by molar-refractivity contribution is 7.71. The predicted molar refractivity (Wildman–Crippen MR) is 119 cm³/mol. The Labute approximate surface area is 181 Å². The minimum atomic E-state index is 0.0985. The van der Waals surface area contributed by atoms with Gasteiger partial charge in [0.1, 0.15) is 0 Å². The highest BCUT2D eigenvalue weighted by Crippen LogP contribution is 2.16. The van der Waals surface area contributed by atoms with Gasteiger partial charge in [0.25, 0.3) is 0 Å². The van der Waals surface area contributed by atoms with E-state index >= 15 is 0 Å². The van der Waals surface area contributed by atoms with Gasteiger partial charge in [-0.3, -0.25) is 4.79 Å². The van der Waals surface area contributed by atoms with Crippen molar-refractivity contribution in [1.29, 1.82) is 0 Å². The first-order valence-corrected chi connectivity index (χ1v) is 10.6. The molecule has 0 bridgehead atoms. The summed E-state index contributed by atoms with van der Waals surface area (Å²) in [5.41, 5.74) is 5.23. The number of Topliss-reactive ketones (excluding diaryl/α,β-unsaturated/α-hetero) is 1. The third-order valence-corrected chi connectivity index (χ3v) is 5.96. The summed E-state index contributed by atoms with van der Waals surface area (Å²) in [4.78, 5) is 15.2. The van der Waals surface area contributed by atoms with E-state index in [0.717, 1.165) is 43.1 Å². The van der Waals surface area contributed by atoms with Gasteiger partial charge in [0.15, 0.2) is 12.5 Å². The SMILES string of the molecule is CC(=O)c1ccc(N2CC[NH+](Cn3nnn(-c4cc(C)cc(C)c4)c3=S)CC2)cc1. The second kappa shape index (κ2) is 8.49. The van der Waals surface area contributed by atoms with Crippen LogP contribution in [0.5, 0.6) is 0 Å². The third-order valence-electron chi connectivity index (χ3n) is 5.57. The van der Waals surface area contributed by atoms with Crippen LogP contribution in [0.25, 0.3) is 5.69 Å². The maximum atomic E-state index is 11.5. The van der Waals surface area contributed by atoms with Gasteiger partial charge in [0.2, 0.25) is 4.77 Å². The lowest BCUT2D eigenvalue weighted by atomic mass is 10.1. The molecule has 1 aliphatic heterocycles. The van der Waals surface area contributed by atoms with Gasteiger partial charge < -0.3 is 9.80 Å². The molecule has 1 fully saturated rings. The fraction of sp³-hybridized carbons (Fsp3) is 0.364. The van der Waals surface area contributed by atoms with Crippen molar-refractivity contribution in [2.24, 2.45) is 0 Å². The lowest BCUT2D eigenvalue weighted by Crippen LogP contribution is -3.14. The van der Waals surface area contributed by atoms with Crippen LogP contribution < -0.4 is 9.80 Å². The Hall–Kier alpha value is -2.84. The van der Waals surface area contributed by atoms with Crippen molar-refractivity contribution in [3.8, 4) is 5.69 Å². The number of ketones is 1. The van der Waals surface area contributed by atoms with Crippen LogP contribution in [0, 0.1) is 18.6 Å². The number of quaternary nitrogens is 1. The first-order chi connectivity index (χ1) is 14.4. The van der Waals surface area contributed by atoms with E-state index in [-0.39, 0.29) is 5.78 Å². The number of nitrogens with zero attached hydrogens (tertiary/aromatic N) is 5. The van der Waals surface area contributed by atoms with Crippen molar-refractivity contribution >= 4 is 23.7 Å². The molecule has 1 aliphatic rings. The highest BCUT2D eigenvalue weighted by atomic mass is 32.1. The number of carbonyl (C=O) groups excluding carboxylic acids is 1. The van der Waals surface area contributed by atoms with E-state index in [9.17, 15) is 4.79 Å². The van der Waals surface area contributed by atoms with Crippen molar-refractivity contribution in [2.75, 3.05) is 31.1 Å². The molecule has 2 heterocycles. The highest BCUT2D eigenvalue weighted by Gasteiger charge is 2.21. The molecule has 0 amide bonds. The molecule has 0 spiro atoms. The molecule has 0 saturated carbocycles. The number of rotatable bonds is 5. The summed E-state index contributed by atoms with van der Waals surface area (Å²) < 4.78 is 4.18. The average molecular weight is 424 g/mol. The average Bonchev–Trinajstić information content (AvgIpc) is 3.08. The molecule has 0 atom stereocenters. The van der Waals surface area contributed by atoms with E-state index < -0.39 is 0 Å². The Bertz CT molecular complexity index is 1090. The van der Waals surface area contributed by atoms with Crippen LogP contribution in [0.2, 0.25) is 0 Å². The molecule has 4 rings (SSSR count). The first-order valence-electron chi connectivity index (χ1n) is 10.2. The topological polar surface area (TPSA) is 60.4 Å². The van der Waals surface area contributed by atoms with Crippen LogP contribution in [0.1, 0.15) is 28.4 Å². The first kappa shape index (κ1) is 20.4. The van der Waals surface area contributed by atoms with E-state index in [1.807, 2.05) is 28.9 Å². The minimum absolute atomic E-state index is 0.0985. The molecule has 8 heteroatoms. The lowest BCUT2D eigenvalue weighted by molar-refractivity contribution is -0.924. The van der Waals surface area contributed by atoms with Gasteiger partial charge in [0.05, 0.1) is 31.9 Å². The summed E-state index contributed by atoms with van der Waals surface area (Å²) in [6.45, 7) is 10.3. The monoisotopic (exact) mass is 423 g/mol. The van der Waals surface area contributed by atoms with Crippen LogP contribution in [0.15, 0.2) is 42.5 Å².